The van der Waals surface area contributed by atoms with Gasteiger partial charge in [-0.2, -0.15) is 0 Å². The van der Waals surface area contributed by atoms with Crippen molar-refractivity contribution in [2.45, 2.75) is 51.7 Å². The van der Waals surface area contributed by atoms with E-state index in [0.29, 0.717) is 6.04 Å². The number of carbonyl (C=O) groups excluding carboxylic acids is 1. The summed E-state index contributed by atoms with van der Waals surface area (Å²) in [5.41, 5.74) is 2.30. The zero-order valence-corrected chi connectivity index (χ0v) is 20.0. The SMILES string of the molecule is CN1CCCC(Nc2ccc(-c3ccc(NC(=O)OC(C)(C)C)c4ccccc34)cn2)CC1.[HH]. The Balaban J connectivity index is 0.00000324. The Kier molecular flexibility index (Phi) is 6.84. The molecule has 2 aromatic carbocycles. The molecule has 0 spiro atoms. The van der Waals surface area contributed by atoms with Crippen molar-refractivity contribution in [3.05, 3.63) is 54.7 Å². The van der Waals surface area contributed by atoms with Crippen LogP contribution in [-0.2, 0) is 4.74 Å². The highest BCUT2D eigenvalue weighted by Crippen LogP contribution is 2.33. The second-order valence-corrected chi connectivity index (χ2v) is 9.84. The van der Waals surface area contributed by atoms with Gasteiger partial charge in [-0.05, 0) is 89.3 Å². The summed E-state index contributed by atoms with van der Waals surface area (Å²) in [5.74, 6) is 0.917. The maximum absolute atomic E-state index is 12.3. The summed E-state index contributed by atoms with van der Waals surface area (Å²) in [7, 11) is 2.19. The minimum absolute atomic E-state index is 0. The third-order valence-corrected chi connectivity index (χ3v) is 5.94. The molecule has 6 heteroatoms. The minimum Gasteiger partial charge on any atom is -0.444 e. The molecule has 0 saturated carbocycles. The lowest BCUT2D eigenvalue weighted by Crippen LogP contribution is -2.27. The molecule has 6 nitrogen and oxygen atoms in total. The minimum atomic E-state index is -0.548. The number of nitrogens with one attached hydrogen (secondary N) is 2. The number of fused-ring (bicyclic) bond motifs is 1. The lowest BCUT2D eigenvalue weighted by molar-refractivity contribution is 0.0636. The van der Waals surface area contributed by atoms with E-state index in [1.165, 1.54) is 12.8 Å². The molecule has 176 valence electrons. The maximum Gasteiger partial charge on any atom is 0.412 e. The van der Waals surface area contributed by atoms with Gasteiger partial charge in [0.05, 0.1) is 5.69 Å². The normalized spacial score (nSPS) is 17.4. The van der Waals surface area contributed by atoms with Crippen molar-refractivity contribution in [1.29, 1.82) is 0 Å². The number of carbonyl (C=O) groups is 1. The van der Waals surface area contributed by atoms with E-state index >= 15 is 0 Å². The number of hydrogen-bond donors (Lipinski definition) is 2. The Morgan fingerprint density at radius 1 is 1.06 bits per heavy atom. The van der Waals surface area contributed by atoms with E-state index in [-0.39, 0.29) is 1.43 Å². The monoisotopic (exact) mass is 448 g/mol. The van der Waals surface area contributed by atoms with Crippen LogP contribution in [0.1, 0.15) is 41.5 Å². The van der Waals surface area contributed by atoms with Crippen LogP contribution in [0.25, 0.3) is 21.9 Å². The fourth-order valence-corrected chi connectivity index (χ4v) is 4.31. The van der Waals surface area contributed by atoms with Crippen molar-refractivity contribution in [1.82, 2.24) is 9.88 Å². The van der Waals surface area contributed by atoms with Gasteiger partial charge in [0.2, 0.25) is 0 Å². The van der Waals surface area contributed by atoms with Crippen LogP contribution in [0.2, 0.25) is 0 Å². The summed E-state index contributed by atoms with van der Waals surface area (Å²) in [6.07, 6.45) is 4.99. The Morgan fingerprint density at radius 2 is 1.85 bits per heavy atom. The van der Waals surface area contributed by atoms with Gasteiger partial charge in [-0.3, -0.25) is 5.32 Å². The number of anilines is 2. The summed E-state index contributed by atoms with van der Waals surface area (Å²) >= 11 is 0. The molecule has 0 bridgehead atoms. The first-order chi connectivity index (χ1) is 15.8. The van der Waals surface area contributed by atoms with Crippen LogP contribution in [-0.4, -0.2) is 47.8 Å². The fourth-order valence-electron chi connectivity index (χ4n) is 4.31. The molecule has 4 rings (SSSR count). The Bertz CT molecular complexity index is 1110. The third-order valence-electron chi connectivity index (χ3n) is 5.94. The highest BCUT2D eigenvalue weighted by atomic mass is 16.6. The molecule has 1 aliphatic heterocycles. The van der Waals surface area contributed by atoms with E-state index < -0.39 is 11.7 Å². The van der Waals surface area contributed by atoms with Crippen molar-refractivity contribution >= 4 is 28.4 Å². The van der Waals surface area contributed by atoms with Crippen molar-refractivity contribution in [2.75, 3.05) is 30.8 Å². The highest BCUT2D eigenvalue weighted by Gasteiger charge is 2.18. The highest BCUT2D eigenvalue weighted by molar-refractivity contribution is 6.06. The number of amides is 1. The number of nitrogens with zero attached hydrogens (tertiary/aromatic N) is 2. The van der Waals surface area contributed by atoms with Gasteiger partial charge in [0, 0.05) is 24.6 Å². The first-order valence-electron chi connectivity index (χ1n) is 11.7. The Hall–Kier alpha value is -3.12. The van der Waals surface area contributed by atoms with Crippen molar-refractivity contribution in [2.24, 2.45) is 0 Å². The van der Waals surface area contributed by atoms with Gasteiger partial charge >= 0.3 is 6.09 Å². The van der Waals surface area contributed by atoms with Gasteiger partial charge in [-0.15, -0.1) is 0 Å². The predicted octanol–water partition coefficient (Wildman–Crippen LogP) is 6.39. The average molecular weight is 449 g/mol. The van der Waals surface area contributed by atoms with Crippen molar-refractivity contribution in [3.8, 4) is 11.1 Å². The number of hydrogen-bond acceptors (Lipinski definition) is 5. The molecule has 3 aromatic rings. The summed E-state index contributed by atoms with van der Waals surface area (Å²) in [6.45, 7) is 7.84. The first kappa shape index (κ1) is 23.1. The standard InChI is InChI=1S/C27H34N4O2.H2/c1-27(2,3)33-26(32)30-24-13-12-21(22-9-5-6-10-23(22)24)19-11-14-25(28-18-19)29-20-8-7-16-31(4)17-15-20;/h5-6,9-14,18,20H,7-8,15-17H2,1-4H3,(H,28,29)(H,30,32);1H. The second-order valence-electron chi connectivity index (χ2n) is 9.84. The van der Waals surface area contributed by atoms with Gasteiger partial charge in [-0.25, -0.2) is 9.78 Å². The fraction of sp³-hybridized carbons (Fsp3) is 0.407. The molecule has 0 aliphatic carbocycles. The first-order valence-corrected chi connectivity index (χ1v) is 11.7. The molecule has 1 fully saturated rings. The molecule has 1 atom stereocenters. The topological polar surface area (TPSA) is 66.5 Å². The number of benzene rings is 2. The molecular weight excluding hydrogens is 412 g/mol. The van der Waals surface area contributed by atoms with Gasteiger partial charge in [0.1, 0.15) is 11.4 Å². The van der Waals surface area contributed by atoms with Crippen molar-refractivity contribution in [3.63, 3.8) is 0 Å². The average Bonchev–Trinajstić information content (AvgIpc) is 2.97. The van der Waals surface area contributed by atoms with Crippen LogP contribution in [0.5, 0.6) is 0 Å². The largest absolute Gasteiger partial charge is 0.444 e. The molecule has 1 amide bonds. The molecule has 0 radical (unpaired) electrons. The molecule has 1 saturated heterocycles. The molecule has 1 aromatic heterocycles. The number of rotatable bonds is 4. The van der Waals surface area contributed by atoms with Crippen LogP contribution in [0.3, 0.4) is 0 Å². The van der Waals surface area contributed by atoms with E-state index in [2.05, 4.69) is 40.8 Å². The molecule has 33 heavy (non-hydrogen) atoms. The zero-order chi connectivity index (χ0) is 23.4. The van der Waals surface area contributed by atoms with Gasteiger partial charge in [0.25, 0.3) is 0 Å². The van der Waals surface area contributed by atoms with Gasteiger partial charge in [0.15, 0.2) is 0 Å². The lowest BCUT2D eigenvalue weighted by Gasteiger charge is -2.20. The van der Waals surface area contributed by atoms with Crippen LogP contribution in [0.15, 0.2) is 54.7 Å². The molecule has 2 heterocycles. The van der Waals surface area contributed by atoms with Crippen LogP contribution >= 0.6 is 0 Å². The lowest BCUT2D eigenvalue weighted by atomic mass is 9.98. The van der Waals surface area contributed by atoms with E-state index in [1.54, 1.807) is 0 Å². The molecule has 1 aliphatic rings. The summed E-state index contributed by atoms with van der Waals surface area (Å²) < 4.78 is 5.42. The van der Waals surface area contributed by atoms with Gasteiger partial charge < -0.3 is 15.0 Å². The smallest absolute Gasteiger partial charge is 0.412 e. The van der Waals surface area contributed by atoms with E-state index in [4.69, 9.17) is 9.72 Å². The number of aromatic nitrogens is 1. The van der Waals surface area contributed by atoms with E-state index in [9.17, 15) is 4.79 Å². The van der Waals surface area contributed by atoms with E-state index in [0.717, 1.165) is 52.9 Å². The van der Waals surface area contributed by atoms with Gasteiger partial charge in [-0.1, -0.05) is 30.3 Å². The van der Waals surface area contributed by atoms with Crippen LogP contribution in [0, 0.1) is 0 Å². The Labute approximate surface area is 197 Å². The number of pyridine rings is 1. The predicted molar refractivity (Wildman–Crippen MR) is 138 cm³/mol. The van der Waals surface area contributed by atoms with Crippen LogP contribution in [0.4, 0.5) is 16.3 Å². The zero-order valence-electron chi connectivity index (χ0n) is 20.0. The van der Waals surface area contributed by atoms with Crippen molar-refractivity contribution < 1.29 is 11.0 Å². The summed E-state index contributed by atoms with van der Waals surface area (Å²) in [6, 6.07) is 16.7. The van der Waals surface area contributed by atoms with E-state index in [1.807, 2.05) is 57.3 Å². The molecule has 1 unspecified atom stereocenters. The molecular formula is C27H36N4O2. The Morgan fingerprint density at radius 3 is 2.58 bits per heavy atom. The quantitative estimate of drug-likeness (QED) is 0.484. The summed E-state index contributed by atoms with van der Waals surface area (Å²) in [4.78, 5) is 19.4. The summed E-state index contributed by atoms with van der Waals surface area (Å²) in [5, 5.41) is 8.52. The number of likely N-dealkylation sites (tertiary alicyclic amines) is 1. The second kappa shape index (κ2) is 9.79. The molecule has 2 N–H and O–H groups in total. The maximum atomic E-state index is 12.3. The number of ether oxygens (including phenoxy) is 1. The van der Waals surface area contributed by atoms with Crippen LogP contribution < -0.4 is 10.6 Å². The third kappa shape index (κ3) is 6.02.